The fraction of sp³-hybridized carbons (Fsp3) is 0.333. The maximum Gasteiger partial charge on any atom is 0.257 e. The van der Waals surface area contributed by atoms with Crippen molar-refractivity contribution < 1.29 is 19.0 Å². The minimum atomic E-state index is -0.187. The second kappa shape index (κ2) is 11.3. The van der Waals surface area contributed by atoms with Crippen LogP contribution in [0.3, 0.4) is 0 Å². The molecule has 0 spiro atoms. The predicted octanol–water partition coefficient (Wildman–Crippen LogP) is 4.19. The van der Waals surface area contributed by atoms with Crippen LogP contribution in [0.5, 0.6) is 5.75 Å². The van der Waals surface area contributed by atoms with Crippen LogP contribution < -0.4 is 15.0 Å². The van der Waals surface area contributed by atoms with Crippen molar-refractivity contribution in [2.45, 2.75) is 0 Å². The number of fused-ring (bicyclic) bond motifs is 2. The van der Waals surface area contributed by atoms with Gasteiger partial charge in [0.25, 0.3) is 5.91 Å². The molecule has 2 aliphatic heterocycles. The highest BCUT2D eigenvalue weighted by Crippen LogP contribution is 2.33. The summed E-state index contributed by atoms with van der Waals surface area (Å²) in [5.41, 5.74) is 1.29. The molecule has 1 aromatic heterocycles. The maximum atomic E-state index is 13.6. The van der Waals surface area contributed by atoms with Crippen molar-refractivity contribution in [1.82, 2.24) is 9.88 Å². The van der Waals surface area contributed by atoms with Crippen molar-refractivity contribution in [3.05, 3.63) is 72.4 Å². The first-order chi connectivity index (χ1) is 18.8. The molecule has 38 heavy (non-hydrogen) atoms. The topological polar surface area (TPSA) is 76.2 Å². The summed E-state index contributed by atoms with van der Waals surface area (Å²) in [7, 11) is 0. The normalized spacial score (nSPS) is 16.6. The molecule has 196 valence electrons. The van der Waals surface area contributed by atoms with Crippen molar-refractivity contribution in [1.29, 1.82) is 0 Å². The molecule has 1 amide bonds. The summed E-state index contributed by atoms with van der Waals surface area (Å²) < 4.78 is 17.1. The number of rotatable bonds is 7. The molecule has 2 aliphatic rings. The summed E-state index contributed by atoms with van der Waals surface area (Å²) in [5.74, 6) is 1.52. The number of anilines is 2. The molecule has 8 heteroatoms. The molecule has 0 atom stereocenters. The van der Waals surface area contributed by atoms with E-state index >= 15 is 0 Å². The van der Waals surface area contributed by atoms with Gasteiger partial charge in [0.1, 0.15) is 18.2 Å². The minimum absolute atomic E-state index is 0.187. The van der Waals surface area contributed by atoms with E-state index in [1.807, 2.05) is 60.7 Å². The van der Waals surface area contributed by atoms with Crippen LogP contribution in [-0.2, 0) is 9.47 Å². The number of morpholine rings is 2. The number of nitrogens with one attached hydrogen (secondary N) is 1. The molecule has 0 saturated carbocycles. The number of benzene rings is 3. The molecule has 2 saturated heterocycles. The van der Waals surface area contributed by atoms with Gasteiger partial charge in [-0.2, -0.15) is 0 Å². The van der Waals surface area contributed by atoms with Gasteiger partial charge in [0.15, 0.2) is 0 Å². The van der Waals surface area contributed by atoms with Crippen LogP contribution in [0.1, 0.15) is 10.4 Å². The number of carbonyl (C=O) groups is 1. The fourth-order valence-corrected chi connectivity index (χ4v) is 5.19. The van der Waals surface area contributed by atoms with Crippen molar-refractivity contribution in [3.8, 4) is 5.75 Å². The van der Waals surface area contributed by atoms with Gasteiger partial charge in [-0.15, -0.1) is 0 Å². The molecule has 6 rings (SSSR count). The van der Waals surface area contributed by atoms with Gasteiger partial charge in [-0.1, -0.05) is 48.5 Å². The quantitative estimate of drug-likeness (QED) is 0.398. The van der Waals surface area contributed by atoms with Crippen LogP contribution in [0.15, 0.2) is 66.9 Å². The van der Waals surface area contributed by atoms with Crippen LogP contribution in [0.2, 0.25) is 0 Å². The van der Waals surface area contributed by atoms with Crippen LogP contribution in [0.4, 0.5) is 11.5 Å². The SMILES string of the molecule is O=C(Nc1ccc(OCCN2CCOCC2)c2ccccc12)c1cnc(N2CCOCC2)c2ccccc12. The van der Waals surface area contributed by atoms with Crippen LogP contribution in [0, 0.1) is 0 Å². The van der Waals surface area contributed by atoms with Gasteiger partial charge in [0.05, 0.1) is 32.0 Å². The molecule has 3 heterocycles. The number of carbonyl (C=O) groups excluding carboxylic acids is 1. The van der Waals surface area contributed by atoms with E-state index < -0.39 is 0 Å². The van der Waals surface area contributed by atoms with Crippen LogP contribution >= 0.6 is 0 Å². The molecule has 3 aromatic carbocycles. The number of ether oxygens (including phenoxy) is 3. The third-order valence-corrected chi connectivity index (χ3v) is 7.23. The maximum absolute atomic E-state index is 13.6. The highest BCUT2D eigenvalue weighted by Gasteiger charge is 2.20. The van der Waals surface area contributed by atoms with Gasteiger partial charge in [0.2, 0.25) is 0 Å². The first-order valence-corrected chi connectivity index (χ1v) is 13.2. The van der Waals surface area contributed by atoms with E-state index in [-0.39, 0.29) is 5.91 Å². The number of hydrogen-bond acceptors (Lipinski definition) is 7. The molecule has 0 aliphatic carbocycles. The van der Waals surface area contributed by atoms with Gasteiger partial charge < -0.3 is 24.4 Å². The Morgan fingerprint density at radius 2 is 1.47 bits per heavy atom. The second-order valence-corrected chi connectivity index (χ2v) is 9.55. The van der Waals surface area contributed by atoms with Crippen molar-refractivity contribution in [2.24, 2.45) is 0 Å². The smallest absolute Gasteiger partial charge is 0.257 e. The van der Waals surface area contributed by atoms with Crippen LogP contribution in [-0.4, -0.2) is 81.5 Å². The molecule has 0 radical (unpaired) electrons. The molecular weight excluding hydrogens is 480 g/mol. The zero-order valence-corrected chi connectivity index (χ0v) is 21.4. The lowest BCUT2D eigenvalue weighted by atomic mass is 10.0. The van der Waals surface area contributed by atoms with E-state index in [2.05, 4.69) is 15.1 Å². The van der Waals surface area contributed by atoms with Gasteiger partial charge in [0, 0.05) is 60.8 Å². The van der Waals surface area contributed by atoms with Crippen molar-refractivity contribution >= 4 is 39.0 Å². The van der Waals surface area contributed by atoms with Crippen LogP contribution in [0.25, 0.3) is 21.5 Å². The summed E-state index contributed by atoms with van der Waals surface area (Å²) in [6.07, 6.45) is 1.69. The number of aromatic nitrogens is 1. The second-order valence-electron chi connectivity index (χ2n) is 9.55. The van der Waals surface area contributed by atoms with Gasteiger partial charge in [-0.25, -0.2) is 4.98 Å². The molecular formula is C30H32N4O4. The third-order valence-electron chi connectivity index (χ3n) is 7.23. The Labute approximate surface area is 222 Å². The van der Waals surface area contributed by atoms with Crippen molar-refractivity contribution in [3.63, 3.8) is 0 Å². The Bertz CT molecular complexity index is 1430. The lowest BCUT2D eigenvalue weighted by Gasteiger charge is -2.29. The lowest BCUT2D eigenvalue weighted by molar-refractivity contribution is 0.0323. The number of amides is 1. The first kappa shape index (κ1) is 24.6. The Hall–Kier alpha value is -3.72. The van der Waals surface area contributed by atoms with Crippen molar-refractivity contribution in [2.75, 3.05) is 76.0 Å². The molecule has 2 fully saturated rings. The van der Waals surface area contributed by atoms with Gasteiger partial charge in [-0.05, 0) is 17.5 Å². The van der Waals surface area contributed by atoms with E-state index in [9.17, 15) is 4.79 Å². The predicted molar refractivity (Wildman–Crippen MR) is 149 cm³/mol. The molecule has 0 unspecified atom stereocenters. The zero-order valence-electron chi connectivity index (χ0n) is 21.4. The summed E-state index contributed by atoms with van der Waals surface area (Å²) in [4.78, 5) is 22.9. The summed E-state index contributed by atoms with van der Waals surface area (Å²) in [6.45, 7) is 7.81. The highest BCUT2D eigenvalue weighted by atomic mass is 16.5. The standard InChI is InChI=1S/C30H32N4O4/c35-30(26-21-31-29(34-14-18-37-19-15-34)25-8-4-1-5-22(25)26)32-27-9-10-28(24-7-3-2-6-23(24)27)38-20-13-33-11-16-36-17-12-33/h1-10,21H,11-20H2,(H,32,35). The summed E-state index contributed by atoms with van der Waals surface area (Å²) in [6, 6.07) is 19.8. The summed E-state index contributed by atoms with van der Waals surface area (Å²) in [5, 5.41) is 6.90. The van der Waals surface area contributed by atoms with Gasteiger partial charge in [-0.3, -0.25) is 9.69 Å². The fourth-order valence-electron chi connectivity index (χ4n) is 5.19. The Morgan fingerprint density at radius 3 is 2.24 bits per heavy atom. The average molecular weight is 513 g/mol. The molecule has 4 aromatic rings. The lowest BCUT2D eigenvalue weighted by Crippen LogP contribution is -2.38. The Morgan fingerprint density at radius 1 is 0.816 bits per heavy atom. The third kappa shape index (κ3) is 5.15. The Kier molecular flexibility index (Phi) is 7.35. The van der Waals surface area contributed by atoms with E-state index in [4.69, 9.17) is 19.2 Å². The van der Waals surface area contributed by atoms with E-state index in [0.717, 1.165) is 84.7 Å². The monoisotopic (exact) mass is 512 g/mol. The molecule has 1 N–H and O–H groups in total. The highest BCUT2D eigenvalue weighted by molar-refractivity contribution is 6.16. The number of pyridine rings is 1. The Balaban J connectivity index is 1.24. The van der Waals surface area contributed by atoms with E-state index in [1.54, 1.807) is 6.20 Å². The van der Waals surface area contributed by atoms with E-state index in [1.165, 1.54) is 0 Å². The average Bonchev–Trinajstić information content (AvgIpc) is 2.98. The zero-order chi connectivity index (χ0) is 25.7. The molecule has 8 nitrogen and oxygen atoms in total. The first-order valence-electron chi connectivity index (χ1n) is 13.2. The van der Waals surface area contributed by atoms with Gasteiger partial charge >= 0.3 is 0 Å². The van der Waals surface area contributed by atoms with E-state index in [0.29, 0.717) is 25.4 Å². The summed E-state index contributed by atoms with van der Waals surface area (Å²) >= 11 is 0. The minimum Gasteiger partial charge on any atom is -0.492 e. The number of hydrogen-bond donors (Lipinski definition) is 1. The molecule has 0 bridgehead atoms. The number of nitrogens with zero attached hydrogens (tertiary/aromatic N) is 3. The largest absolute Gasteiger partial charge is 0.492 e.